The van der Waals surface area contributed by atoms with E-state index < -0.39 is 15.6 Å². The van der Waals surface area contributed by atoms with Crippen molar-refractivity contribution in [2.75, 3.05) is 26.2 Å². The molecule has 2 aromatic heterocycles. The molecule has 1 N–H and O–H groups in total. The second kappa shape index (κ2) is 8.17. The maximum absolute atomic E-state index is 12.8. The first-order chi connectivity index (χ1) is 14.4. The summed E-state index contributed by atoms with van der Waals surface area (Å²) in [6.07, 6.45) is 3.56. The minimum Gasteiger partial charge on any atom is -0.508 e. The van der Waals surface area contributed by atoms with E-state index in [0.717, 1.165) is 16.5 Å². The van der Waals surface area contributed by atoms with Gasteiger partial charge >= 0.3 is 5.63 Å². The second-order valence-electron chi connectivity index (χ2n) is 7.29. The lowest BCUT2D eigenvalue weighted by molar-refractivity contribution is 0.182. The summed E-state index contributed by atoms with van der Waals surface area (Å²) in [5.41, 5.74) is 1.47. The minimum atomic E-state index is -3.56. The van der Waals surface area contributed by atoms with Crippen LogP contribution in [0.2, 0.25) is 0 Å². The number of aryl methyl sites for hydroxylation is 1. The topological polar surface area (TPSA) is 104 Å². The van der Waals surface area contributed by atoms with Crippen LogP contribution in [0.3, 0.4) is 0 Å². The molecule has 1 fully saturated rings. The Labute approximate surface area is 174 Å². The molecule has 0 unspecified atom stereocenters. The van der Waals surface area contributed by atoms with Crippen LogP contribution in [-0.2, 0) is 23.0 Å². The normalized spacial score (nSPS) is 16.2. The number of fused-ring (bicyclic) bond motifs is 1. The molecule has 0 saturated carbocycles. The predicted octanol–water partition coefficient (Wildman–Crippen LogP) is 1.96. The fourth-order valence-corrected chi connectivity index (χ4v) is 5.13. The largest absolute Gasteiger partial charge is 0.508 e. The monoisotopic (exact) mass is 429 g/mol. The van der Waals surface area contributed by atoms with Crippen molar-refractivity contribution in [1.29, 1.82) is 0 Å². The van der Waals surface area contributed by atoms with E-state index >= 15 is 0 Å². The van der Waals surface area contributed by atoms with Gasteiger partial charge in [0.25, 0.3) is 0 Å². The van der Waals surface area contributed by atoms with E-state index in [-0.39, 0.29) is 10.6 Å². The van der Waals surface area contributed by atoms with E-state index in [1.54, 1.807) is 18.3 Å². The molecule has 3 aromatic rings. The lowest BCUT2D eigenvalue weighted by atomic mass is 10.0. The van der Waals surface area contributed by atoms with E-state index in [1.807, 2.05) is 13.0 Å². The van der Waals surface area contributed by atoms with Gasteiger partial charge in [-0.15, -0.1) is 0 Å². The van der Waals surface area contributed by atoms with Gasteiger partial charge in [0, 0.05) is 62.6 Å². The van der Waals surface area contributed by atoms with E-state index in [1.165, 1.54) is 22.6 Å². The first kappa shape index (κ1) is 20.5. The zero-order valence-electron chi connectivity index (χ0n) is 16.6. The Balaban J connectivity index is 1.53. The summed E-state index contributed by atoms with van der Waals surface area (Å²) in [6, 6.07) is 7.96. The molecule has 158 valence electrons. The summed E-state index contributed by atoms with van der Waals surface area (Å²) < 4.78 is 32.2. The molecule has 0 bridgehead atoms. The predicted molar refractivity (Wildman–Crippen MR) is 112 cm³/mol. The summed E-state index contributed by atoms with van der Waals surface area (Å²) in [7, 11) is -3.56. The lowest BCUT2D eigenvalue weighted by Crippen LogP contribution is -2.48. The van der Waals surface area contributed by atoms with Crippen molar-refractivity contribution in [3.8, 4) is 5.75 Å². The number of phenols is 1. The number of pyridine rings is 1. The summed E-state index contributed by atoms with van der Waals surface area (Å²) in [5, 5.41) is 10.9. The molecule has 8 nitrogen and oxygen atoms in total. The fraction of sp³-hybridized carbons (Fsp3) is 0.333. The Bertz CT molecular complexity index is 1220. The molecule has 4 rings (SSSR count). The van der Waals surface area contributed by atoms with Crippen LogP contribution in [-0.4, -0.2) is 53.9 Å². The molecule has 1 aromatic carbocycles. The molecule has 30 heavy (non-hydrogen) atoms. The molecule has 0 spiro atoms. The maximum Gasteiger partial charge on any atom is 0.336 e. The van der Waals surface area contributed by atoms with E-state index in [2.05, 4.69) is 9.88 Å². The van der Waals surface area contributed by atoms with Crippen LogP contribution in [0.25, 0.3) is 11.0 Å². The first-order valence-corrected chi connectivity index (χ1v) is 11.2. The van der Waals surface area contributed by atoms with Gasteiger partial charge in [-0.3, -0.25) is 9.88 Å². The molecular weight excluding hydrogens is 406 g/mol. The third kappa shape index (κ3) is 3.96. The molecule has 0 amide bonds. The van der Waals surface area contributed by atoms with Crippen molar-refractivity contribution >= 4 is 21.0 Å². The molecule has 1 aliphatic rings. The molecule has 3 heterocycles. The highest BCUT2D eigenvalue weighted by atomic mass is 32.2. The molecule has 1 aliphatic heterocycles. The van der Waals surface area contributed by atoms with Crippen molar-refractivity contribution in [1.82, 2.24) is 14.2 Å². The highest BCUT2D eigenvalue weighted by Gasteiger charge is 2.28. The zero-order chi connectivity index (χ0) is 21.3. The maximum atomic E-state index is 12.8. The van der Waals surface area contributed by atoms with E-state index in [0.29, 0.717) is 44.7 Å². The average Bonchev–Trinajstić information content (AvgIpc) is 2.74. The summed E-state index contributed by atoms with van der Waals surface area (Å²) in [4.78, 5) is 18.2. The van der Waals surface area contributed by atoms with Gasteiger partial charge in [0.1, 0.15) is 16.2 Å². The Morgan fingerprint density at radius 1 is 1.13 bits per heavy atom. The van der Waals surface area contributed by atoms with Crippen LogP contribution in [0, 0.1) is 0 Å². The SMILES string of the molecule is CCc1cc2c(CN3CCN(S(=O)(=O)c4cccnc4)CC3)cc(=O)oc2cc1O. The summed E-state index contributed by atoms with van der Waals surface area (Å²) in [5.74, 6) is 0.111. The van der Waals surface area contributed by atoms with Crippen LogP contribution in [0.5, 0.6) is 5.75 Å². The number of sulfonamides is 1. The minimum absolute atomic E-state index is 0.111. The van der Waals surface area contributed by atoms with Crippen LogP contribution in [0.15, 0.2) is 56.8 Å². The molecule has 0 atom stereocenters. The Morgan fingerprint density at radius 2 is 1.90 bits per heavy atom. The van der Waals surface area contributed by atoms with Crippen molar-refractivity contribution in [3.05, 3.63) is 64.3 Å². The average molecular weight is 429 g/mol. The summed E-state index contributed by atoms with van der Waals surface area (Å²) in [6.45, 7) is 4.24. The van der Waals surface area contributed by atoms with Gasteiger partial charge in [0.15, 0.2) is 0 Å². The highest BCUT2D eigenvalue weighted by Crippen LogP contribution is 2.28. The zero-order valence-corrected chi connectivity index (χ0v) is 17.4. The van der Waals surface area contributed by atoms with Gasteiger partial charge in [0.05, 0.1) is 0 Å². The van der Waals surface area contributed by atoms with Crippen LogP contribution < -0.4 is 5.63 Å². The van der Waals surface area contributed by atoms with Crippen LogP contribution >= 0.6 is 0 Å². The number of rotatable bonds is 5. The third-order valence-electron chi connectivity index (χ3n) is 5.41. The molecule has 0 radical (unpaired) electrons. The van der Waals surface area contributed by atoms with Gasteiger partial charge in [-0.25, -0.2) is 13.2 Å². The van der Waals surface area contributed by atoms with E-state index in [4.69, 9.17) is 4.42 Å². The lowest BCUT2D eigenvalue weighted by Gasteiger charge is -2.34. The Kier molecular flexibility index (Phi) is 5.59. The van der Waals surface area contributed by atoms with Crippen LogP contribution in [0.1, 0.15) is 18.1 Å². The van der Waals surface area contributed by atoms with Crippen molar-refractivity contribution < 1.29 is 17.9 Å². The van der Waals surface area contributed by atoms with Gasteiger partial charge in [-0.2, -0.15) is 4.31 Å². The number of benzene rings is 1. The number of hydrogen-bond donors (Lipinski definition) is 1. The molecular formula is C21H23N3O5S. The molecule has 9 heteroatoms. The second-order valence-corrected chi connectivity index (χ2v) is 9.23. The molecule has 1 saturated heterocycles. The number of aromatic hydroxyl groups is 1. The van der Waals surface area contributed by atoms with E-state index in [9.17, 15) is 18.3 Å². The standard InChI is InChI=1S/C21H23N3O5S/c1-2-15-10-18-16(11-21(26)29-20(18)12-19(15)25)14-23-6-8-24(9-7-23)30(27,28)17-4-3-5-22-13-17/h3-5,10-13,25H,2,6-9,14H2,1H3. The summed E-state index contributed by atoms with van der Waals surface area (Å²) >= 11 is 0. The Morgan fingerprint density at radius 3 is 2.57 bits per heavy atom. The first-order valence-electron chi connectivity index (χ1n) is 9.79. The number of hydrogen-bond acceptors (Lipinski definition) is 7. The van der Waals surface area contributed by atoms with Gasteiger partial charge in [0.2, 0.25) is 10.0 Å². The van der Waals surface area contributed by atoms with Crippen molar-refractivity contribution in [3.63, 3.8) is 0 Å². The number of piperazine rings is 1. The molecule has 0 aliphatic carbocycles. The smallest absolute Gasteiger partial charge is 0.336 e. The number of aromatic nitrogens is 1. The Hall–Kier alpha value is -2.75. The number of phenolic OH excluding ortho intramolecular Hbond substituents is 1. The fourth-order valence-electron chi connectivity index (χ4n) is 3.74. The van der Waals surface area contributed by atoms with Crippen molar-refractivity contribution in [2.24, 2.45) is 0 Å². The van der Waals surface area contributed by atoms with Gasteiger partial charge in [-0.05, 0) is 35.7 Å². The third-order valence-corrected chi connectivity index (χ3v) is 7.29. The number of nitrogens with zero attached hydrogens (tertiary/aromatic N) is 3. The highest BCUT2D eigenvalue weighted by molar-refractivity contribution is 7.89. The van der Waals surface area contributed by atoms with Crippen molar-refractivity contribution in [2.45, 2.75) is 24.8 Å². The quantitative estimate of drug-likeness (QED) is 0.618. The van der Waals surface area contributed by atoms with Crippen LogP contribution in [0.4, 0.5) is 0 Å². The van der Waals surface area contributed by atoms with Gasteiger partial charge < -0.3 is 9.52 Å². The van der Waals surface area contributed by atoms with Gasteiger partial charge in [-0.1, -0.05) is 6.92 Å².